The largest absolute Gasteiger partial charge is 0.296 e. The van der Waals surface area contributed by atoms with E-state index in [1.54, 1.807) is 13.2 Å². The fraction of sp³-hybridized carbons (Fsp3) is 0.0385. The van der Waals surface area contributed by atoms with E-state index >= 15 is 0 Å². The van der Waals surface area contributed by atoms with Crippen LogP contribution in [0.25, 0.3) is 27.5 Å². The molecule has 0 spiro atoms. The van der Waals surface area contributed by atoms with Gasteiger partial charge in [0.15, 0.2) is 0 Å². The van der Waals surface area contributed by atoms with Gasteiger partial charge in [-0.3, -0.25) is 9.89 Å². The Morgan fingerprint density at radius 1 is 0.900 bits per heavy atom. The third kappa shape index (κ3) is 2.81. The van der Waals surface area contributed by atoms with Crippen molar-refractivity contribution in [1.29, 1.82) is 0 Å². The van der Waals surface area contributed by atoms with Crippen molar-refractivity contribution in [3.63, 3.8) is 0 Å². The van der Waals surface area contributed by atoms with E-state index in [4.69, 9.17) is 0 Å². The highest BCUT2D eigenvalue weighted by atomic mass is 15.3. The van der Waals surface area contributed by atoms with Gasteiger partial charge in [0.2, 0.25) is 0 Å². The van der Waals surface area contributed by atoms with Gasteiger partial charge in [0, 0.05) is 30.4 Å². The summed E-state index contributed by atoms with van der Waals surface area (Å²) in [6.07, 6.45) is 3.65. The van der Waals surface area contributed by atoms with Gasteiger partial charge in [0.25, 0.3) is 0 Å². The predicted molar refractivity (Wildman–Crippen MR) is 127 cm³/mol. The third-order valence-electron chi connectivity index (χ3n) is 5.33. The molecule has 144 valence electrons. The predicted octanol–water partition coefficient (Wildman–Crippen LogP) is 6.12. The summed E-state index contributed by atoms with van der Waals surface area (Å²) in [5.41, 5.74) is 5.40. The molecule has 0 unspecified atom stereocenters. The first kappa shape index (κ1) is 18.0. The number of pyridine rings is 1. The van der Waals surface area contributed by atoms with E-state index in [-0.39, 0.29) is 0 Å². The molecule has 0 saturated carbocycles. The number of hydrogen-bond donors (Lipinski definition) is 0. The van der Waals surface area contributed by atoms with E-state index in [0.29, 0.717) is 0 Å². The van der Waals surface area contributed by atoms with E-state index in [9.17, 15) is 0 Å². The van der Waals surface area contributed by atoms with E-state index < -0.39 is 0 Å². The number of aromatic nitrogens is 1. The molecule has 1 aromatic heterocycles. The lowest BCUT2D eigenvalue weighted by atomic mass is 9.89. The molecule has 3 aromatic carbocycles. The van der Waals surface area contributed by atoms with Crippen LogP contribution in [-0.2, 0) is 0 Å². The van der Waals surface area contributed by atoms with Crippen molar-refractivity contribution < 1.29 is 0 Å². The summed E-state index contributed by atoms with van der Waals surface area (Å²) in [7, 11) is 1.78. The zero-order chi connectivity index (χ0) is 20.5. The smallest absolute Gasteiger partial charge is 0.147 e. The highest BCUT2D eigenvalue weighted by Crippen LogP contribution is 2.45. The van der Waals surface area contributed by atoms with E-state index in [1.165, 1.54) is 5.56 Å². The van der Waals surface area contributed by atoms with Crippen molar-refractivity contribution >= 4 is 40.8 Å². The Labute approximate surface area is 175 Å². The highest BCUT2D eigenvalue weighted by molar-refractivity contribution is 6.22. The van der Waals surface area contributed by atoms with Gasteiger partial charge in [-0.25, -0.2) is 9.98 Å². The van der Waals surface area contributed by atoms with E-state index in [0.717, 1.165) is 44.8 Å². The van der Waals surface area contributed by atoms with Gasteiger partial charge in [0.1, 0.15) is 11.6 Å². The minimum Gasteiger partial charge on any atom is -0.296 e. The van der Waals surface area contributed by atoms with Crippen LogP contribution in [0.5, 0.6) is 0 Å². The van der Waals surface area contributed by atoms with Crippen LogP contribution in [0.3, 0.4) is 0 Å². The molecule has 0 atom stereocenters. The maximum Gasteiger partial charge on any atom is 0.147 e. The lowest BCUT2D eigenvalue weighted by Gasteiger charge is -2.32. The maximum atomic E-state index is 4.58. The lowest BCUT2D eigenvalue weighted by molar-refractivity contribution is 1.08. The fourth-order valence-corrected chi connectivity index (χ4v) is 4.09. The van der Waals surface area contributed by atoms with Crippen LogP contribution >= 0.6 is 0 Å². The van der Waals surface area contributed by atoms with Crippen LogP contribution in [0.15, 0.2) is 101 Å². The monoisotopic (exact) mass is 388 g/mol. The number of allylic oxidation sites excluding steroid dienone is 1. The van der Waals surface area contributed by atoms with Gasteiger partial charge in [0.05, 0.1) is 5.69 Å². The third-order valence-corrected chi connectivity index (χ3v) is 5.33. The Hall–Kier alpha value is -4.05. The molecule has 0 amide bonds. The molecule has 0 radical (unpaired) electrons. The van der Waals surface area contributed by atoms with Crippen LogP contribution in [0.4, 0.5) is 11.5 Å². The molecule has 0 saturated heterocycles. The molecule has 1 aliphatic heterocycles. The Morgan fingerprint density at radius 2 is 1.73 bits per heavy atom. The second-order valence-corrected chi connectivity index (χ2v) is 7.07. The molecule has 4 nitrogen and oxygen atoms in total. The summed E-state index contributed by atoms with van der Waals surface area (Å²) in [5, 5.41) is 2.32. The minimum absolute atomic E-state index is 0.726. The van der Waals surface area contributed by atoms with Crippen molar-refractivity contribution in [1.82, 2.24) is 4.98 Å². The van der Waals surface area contributed by atoms with Crippen LogP contribution in [0, 0.1) is 0 Å². The number of rotatable bonds is 4. The topological polar surface area (TPSA) is 40.9 Å². The van der Waals surface area contributed by atoms with Gasteiger partial charge < -0.3 is 0 Å². The Kier molecular flexibility index (Phi) is 4.45. The molecular weight excluding hydrogens is 368 g/mol. The molecule has 1 aliphatic rings. The van der Waals surface area contributed by atoms with Crippen molar-refractivity contribution in [3.05, 3.63) is 96.4 Å². The molecule has 0 bridgehead atoms. The average molecular weight is 388 g/mol. The quantitative estimate of drug-likeness (QED) is 0.395. The summed E-state index contributed by atoms with van der Waals surface area (Å²) in [4.78, 5) is 15.4. The number of aliphatic imine (C=N–C) groups is 2. The zero-order valence-corrected chi connectivity index (χ0v) is 16.7. The molecule has 0 N–H and O–H groups in total. The average Bonchev–Trinajstić information content (AvgIpc) is 2.81. The first-order chi connectivity index (χ1) is 14.8. The molecule has 0 aliphatic carbocycles. The summed E-state index contributed by atoms with van der Waals surface area (Å²) >= 11 is 0. The second kappa shape index (κ2) is 7.41. The van der Waals surface area contributed by atoms with Gasteiger partial charge >= 0.3 is 0 Å². The molecule has 4 aromatic rings. The van der Waals surface area contributed by atoms with Crippen LogP contribution < -0.4 is 4.90 Å². The Morgan fingerprint density at radius 3 is 2.47 bits per heavy atom. The first-order valence-corrected chi connectivity index (χ1v) is 9.78. The van der Waals surface area contributed by atoms with Crippen LogP contribution in [0.2, 0.25) is 0 Å². The van der Waals surface area contributed by atoms with Crippen LogP contribution in [0.1, 0.15) is 5.56 Å². The van der Waals surface area contributed by atoms with Gasteiger partial charge in [-0.2, -0.15) is 0 Å². The lowest BCUT2D eigenvalue weighted by Crippen LogP contribution is -2.22. The summed E-state index contributed by atoms with van der Waals surface area (Å²) in [6.45, 7) is 3.87. The summed E-state index contributed by atoms with van der Waals surface area (Å²) < 4.78 is 0. The summed E-state index contributed by atoms with van der Waals surface area (Å²) in [5.74, 6) is 1.52. The van der Waals surface area contributed by atoms with Crippen molar-refractivity contribution in [2.75, 3.05) is 11.9 Å². The number of benzene rings is 3. The summed E-state index contributed by atoms with van der Waals surface area (Å²) in [6, 6.07) is 27.1. The molecular formula is C26H20N4. The van der Waals surface area contributed by atoms with E-state index in [1.807, 2.05) is 30.5 Å². The van der Waals surface area contributed by atoms with Crippen molar-refractivity contribution in [2.45, 2.75) is 0 Å². The Bertz CT molecular complexity index is 1310. The second-order valence-electron chi connectivity index (χ2n) is 7.07. The number of anilines is 2. The Balaban J connectivity index is 1.88. The van der Waals surface area contributed by atoms with Crippen molar-refractivity contribution in [2.24, 2.45) is 9.98 Å². The maximum absolute atomic E-state index is 4.58. The van der Waals surface area contributed by atoms with Crippen LogP contribution in [-0.4, -0.2) is 25.0 Å². The van der Waals surface area contributed by atoms with Crippen molar-refractivity contribution in [3.8, 4) is 11.1 Å². The molecule has 30 heavy (non-hydrogen) atoms. The molecule has 2 heterocycles. The molecule has 5 rings (SSSR count). The number of hydrogen-bond acceptors (Lipinski definition) is 4. The first-order valence-electron chi connectivity index (χ1n) is 9.78. The molecule has 0 fully saturated rings. The molecule has 4 heteroatoms. The van der Waals surface area contributed by atoms with E-state index in [2.05, 4.69) is 81.2 Å². The number of nitrogens with zero attached hydrogens (tertiary/aromatic N) is 4. The zero-order valence-electron chi connectivity index (χ0n) is 16.7. The highest BCUT2D eigenvalue weighted by Gasteiger charge is 2.28. The minimum atomic E-state index is 0.726. The fourth-order valence-electron chi connectivity index (χ4n) is 4.09. The van der Waals surface area contributed by atoms with Gasteiger partial charge in [-0.15, -0.1) is 0 Å². The normalized spacial score (nSPS) is 13.3. The standard InChI is InChI=1S/C26H20N4/c1-27-17-22-21-16-20(18-9-4-3-5-10-18)15-19-11-8-12-23(25(19)21)30(26(22)28-2)24-13-6-7-14-29-24/h3-17H,2H2,1H3/b27-17-. The SMILES string of the molecule is C=NC1=C(/C=N\C)c2cc(-c3ccccc3)cc3cccc(c23)N1c1ccccn1. The van der Waals surface area contributed by atoms with Gasteiger partial charge in [-0.05, 0) is 59.1 Å². The van der Waals surface area contributed by atoms with Gasteiger partial charge in [-0.1, -0.05) is 48.5 Å².